The molecule has 1 aromatic heterocycles. The van der Waals surface area contributed by atoms with Crippen molar-refractivity contribution in [1.29, 1.82) is 0 Å². The molecule has 116 valence electrons. The second-order valence-corrected chi connectivity index (χ2v) is 5.15. The summed E-state index contributed by atoms with van der Waals surface area (Å²) in [6, 6.07) is 8.32. The number of rotatable bonds is 10. The number of hydrogen-bond acceptors (Lipinski definition) is 3. The van der Waals surface area contributed by atoms with Gasteiger partial charge in [0.1, 0.15) is 5.75 Å². The summed E-state index contributed by atoms with van der Waals surface area (Å²) < 4.78 is 13.0. The predicted octanol–water partition coefficient (Wildman–Crippen LogP) is 3.06. The third kappa shape index (κ3) is 4.76. The maximum atomic E-state index is 5.52. The summed E-state index contributed by atoms with van der Waals surface area (Å²) in [4.78, 5) is 0. The van der Waals surface area contributed by atoms with Gasteiger partial charge in [-0.15, -0.1) is 0 Å². The van der Waals surface area contributed by atoms with Crippen LogP contribution in [0.15, 0.2) is 30.5 Å². The third-order valence-corrected chi connectivity index (χ3v) is 3.57. The van der Waals surface area contributed by atoms with Crippen molar-refractivity contribution in [3.8, 4) is 5.75 Å². The Morgan fingerprint density at radius 1 is 1.14 bits per heavy atom. The number of fused-ring (bicyclic) bond motifs is 1. The highest BCUT2D eigenvalue weighted by molar-refractivity contribution is 5.81. The molecule has 1 heterocycles. The summed E-state index contributed by atoms with van der Waals surface area (Å²) in [5.74, 6) is 0.905. The zero-order valence-electron chi connectivity index (χ0n) is 13.1. The predicted molar refractivity (Wildman–Crippen MR) is 87.1 cm³/mol. The van der Waals surface area contributed by atoms with Crippen molar-refractivity contribution in [3.05, 3.63) is 30.5 Å². The number of nitrogens with one attached hydrogen (secondary N) is 1. The van der Waals surface area contributed by atoms with Crippen LogP contribution in [0.4, 0.5) is 0 Å². The van der Waals surface area contributed by atoms with Crippen molar-refractivity contribution in [1.82, 2.24) is 9.88 Å². The van der Waals surface area contributed by atoms with E-state index in [1.54, 1.807) is 7.11 Å². The van der Waals surface area contributed by atoms with Crippen LogP contribution < -0.4 is 10.1 Å². The number of benzene rings is 1. The van der Waals surface area contributed by atoms with Crippen LogP contribution in [-0.2, 0) is 11.3 Å². The first-order chi connectivity index (χ1) is 10.3. The van der Waals surface area contributed by atoms with E-state index in [9.17, 15) is 0 Å². The Morgan fingerprint density at radius 3 is 2.86 bits per heavy atom. The topological polar surface area (TPSA) is 35.4 Å². The summed E-state index contributed by atoms with van der Waals surface area (Å²) in [5, 5.41) is 4.64. The largest absolute Gasteiger partial charge is 0.497 e. The minimum atomic E-state index is 0.795. The molecule has 0 saturated heterocycles. The molecule has 0 unspecified atom stereocenters. The van der Waals surface area contributed by atoms with Gasteiger partial charge in [0, 0.05) is 43.3 Å². The van der Waals surface area contributed by atoms with Gasteiger partial charge in [0.25, 0.3) is 0 Å². The molecular formula is C17H26N2O2. The molecule has 4 nitrogen and oxygen atoms in total. The first-order valence-corrected chi connectivity index (χ1v) is 7.76. The second-order valence-electron chi connectivity index (χ2n) is 5.15. The van der Waals surface area contributed by atoms with Crippen LogP contribution in [0.1, 0.15) is 19.8 Å². The number of aromatic nitrogens is 1. The number of unbranched alkanes of at least 4 members (excludes halogenated alkanes) is 1. The molecular weight excluding hydrogens is 264 g/mol. The molecule has 0 bridgehead atoms. The van der Waals surface area contributed by atoms with E-state index in [0.717, 1.165) is 45.0 Å². The molecule has 0 aliphatic carbocycles. The number of hydrogen-bond donors (Lipinski definition) is 1. The van der Waals surface area contributed by atoms with Gasteiger partial charge in [-0.25, -0.2) is 0 Å². The van der Waals surface area contributed by atoms with Crippen LogP contribution in [0.5, 0.6) is 5.75 Å². The molecule has 0 aliphatic rings. The fourth-order valence-corrected chi connectivity index (χ4v) is 2.32. The van der Waals surface area contributed by atoms with E-state index in [0.29, 0.717) is 0 Å². The minimum Gasteiger partial charge on any atom is -0.497 e. The van der Waals surface area contributed by atoms with Crippen LogP contribution >= 0.6 is 0 Å². The summed E-state index contributed by atoms with van der Waals surface area (Å²) in [7, 11) is 1.70. The fraction of sp³-hybridized carbons (Fsp3) is 0.529. The van der Waals surface area contributed by atoms with Gasteiger partial charge in [-0.05, 0) is 30.7 Å². The number of methoxy groups -OCH3 is 1. The van der Waals surface area contributed by atoms with Crippen LogP contribution in [0.2, 0.25) is 0 Å². The van der Waals surface area contributed by atoms with Crippen molar-refractivity contribution in [2.75, 3.05) is 33.4 Å². The minimum absolute atomic E-state index is 0.795. The lowest BCUT2D eigenvalue weighted by atomic mass is 10.2. The lowest BCUT2D eigenvalue weighted by Crippen LogP contribution is -2.24. The van der Waals surface area contributed by atoms with E-state index in [1.807, 2.05) is 6.07 Å². The Labute approximate surface area is 127 Å². The zero-order valence-corrected chi connectivity index (χ0v) is 13.1. The molecule has 0 radical (unpaired) electrons. The van der Waals surface area contributed by atoms with E-state index >= 15 is 0 Å². The number of ether oxygens (including phenoxy) is 2. The van der Waals surface area contributed by atoms with E-state index in [-0.39, 0.29) is 0 Å². The van der Waals surface area contributed by atoms with Gasteiger partial charge in [0.15, 0.2) is 0 Å². The van der Waals surface area contributed by atoms with Crippen molar-refractivity contribution >= 4 is 10.9 Å². The van der Waals surface area contributed by atoms with Gasteiger partial charge in [-0.2, -0.15) is 0 Å². The maximum absolute atomic E-state index is 5.52. The Balaban J connectivity index is 1.71. The summed E-state index contributed by atoms with van der Waals surface area (Å²) in [5.41, 5.74) is 1.25. The highest BCUT2D eigenvalue weighted by atomic mass is 16.5. The molecule has 0 spiro atoms. The lowest BCUT2D eigenvalue weighted by Gasteiger charge is -2.08. The van der Waals surface area contributed by atoms with Crippen LogP contribution in [0.3, 0.4) is 0 Å². The molecule has 1 N–H and O–H groups in total. The van der Waals surface area contributed by atoms with Gasteiger partial charge < -0.3 is 19.4 Å². The highest BCUT2D eigenvalue weighted by Gasteiger charge is 2.02. The van der Waals surface area contributed by atoms with Crippen molar-refractivity contribution < 1.29 is 9.47 Å². The Bertz CT molecular complexity index is 537. The molecule has 0 fully saturated rings. The monoisotopic (exact) mass is 290 g/mol. The summed E-state index contributed by atoms with van der Waals surface area (Å²) in [6.07, 6.45) is 4.47. The average molecular weight is 290 g/mol. The number of nitrogens with zero attached hydrogens (tertiary/aromatic N) is 1. The molecule has 0 atom stereocenters. The summed E-state index contributed by atoms with van der Waals surface area (Å²) >= 11 is 0. The Morgan fingerprint density at radius 2 is 2.05 bits per heavy atom. The summed E-state index contributed by atoms with van der Waals surface area (Å²) in [6.45, 7) is 6.68. The van der Waals surface area contributed by atoms with E-state index in [2.05, 4.69) is 41.2 Å². The van der Waals surface area contributed by atoms with Crippen LogP contribution in [0, 0.1) is 0 Å². The first kappa shape index (κ1) is 15.9. The molecule has 2 rings (SSSR count). The van der Waals surface area contributed by atoms with E-state index < -0.39 is 0 Å². The Kier molecular flexibility index (Phi) is 6.57. The quantitative estimate of drug-likeness (QED) is 0.683. The maximum Gasteiger partial charge on any atom is 0.119 e. The standard InChI is InChI=1S/C17H26N2O2/c1-3-4-12-21-13-9-18-8-11-19-10-7-15-14-16(20-2)5-6-17(15)19/h5-7,10,14,18H,3-4,8-9,11-13H2,1-2H3. The molecule has 1 aromatic carbocycles. The molecule has 0 saturated carbocycles. The normalized spacial score (nSPS) is 11.1. The smallest absolute Gasteiger partial charge is 0.119 e. The van der Waals surface area contributed by atoms with Gasteiger partial charge in [-0.3, -0.25) is 0 Å². The fourth-order valence-electron chi connectivity index (χ4n) is 2.32. The molecule has 0 aliphatic heterocycles. The highest BCUT2D eigenvalue weighted by Crippen LogP contribution is 2.21. The third-order valence-electron chi connectivity index (χ3n) is 3.57. The molecule has 4 heteroatoms. The first-order valence-electron chi connectivity index (χ1n) is 7.76. The molecule has 0 amide bonds. The van der Waals surface area contributed by atoms with E-state index in [4.69, 9.17) is 9.47 Å². The van der Waals surface area contributed by atoms with E-state index in [1.165, 1.54) is 17.3 Å². The van der Waals surface area contributed by atoms with Gasteiger partial charge in [0.05, 0.1) is 13.7 Å². The van der Waals surface area contributed by atoms with Crippen molar-refractivity contribution in [2.45, 2.75) is 26.3 Å². The Hall–Kier alpha value is -1.52. The average Bonchev–Trinajstić information content (AvgIpc) is 2.92. The van der Waals surface area contributed by atoms with Gasteiger partial charge in [0.2, 0.25) is 0 Å². The molecule has 2 aromatic rings. The SMILES string of the molecule is CCCCOCCNCCn1ccc2cc(OC)ccc21. The van der Waals surface area contributed by atoms with Crippen molar-refractivity contribution in [2.24, 2.45) is 0 Å². The van der Waals surface area contributed by atoms with Crippen LogP contribution in [0.25, 0.3) is 10.9 Å². The second kappa shape index (κ2) is 8.70. The van der Waals surface area contributed by atoms with Crippen molar-refractivity contribution in [3.63, 3.8) is 0 Å². The van der Waals surface area contributed by atoms with Gasteiger partial charge in [-0.1, -0.05) is 13.3 Å². The lowest BCUT2D eigenvalue weighted by molar-refractivity contribution is 0.133. The molecule has 21 heavy (non-hydrogen) atoms. The van der Waals surface area contributed by atoms with Gasteiger partial charge >= 0.3 is 0 Å². The zero-order chi connectivity index (χ0) is 14.9. The van der Waals surface area contributed by atoms with Crippen LogP contribution in [-0.4, -0.2) is 38.0 Å².